The first-order valence-electron chi connectivity index (χ1n) is 9.27. The maximum atomic E-state index is 12.5. The quantitative estimate of drug-likeness (QED) is 0.402. The van der Waals surface area contributed by atoms with Crippen molar-refractivity contribution in [1.29, 1.82) is 0 Å². The summed E-state index contributed by atoms with van der Waals surface area (Å²) in [5, 5.41) is 10.8. The second-order valence-electron chi connectivity index (χ2n) is 6.93. The van der Waals surface area contributed by atoms with Crippen LogP contribution in [0.3, 0.4) is 0 Å². The number of carbonyl (C=O) groups is 2. The Morgan fingerprint density at radius 3 is 2.34 bits per heavy atom. The van der Waals surface area contributed by atoms with Crippen LogP contribution < -0.4 is 5.73 Å². The fourth-order valence-electron chi connectivity index (χ4n) is 3.84. The molecule has 1 aromatic heterocycles. The van der Waals surface area contributed by atoms with E-state index in [0.29, 0.717) is 23.1 Å². The van der Waals surface area contributed by atoms with Crippen LogP contribution in [0.15, 0.2) is 72.8 Å². The van der Waals surface area contributed by atoms with Gasteiger partial charge in [-0.3, -0.25) is 9.59 Å². The third-order valence-corrected chi connectivity index (χ3v) is 5.21. The Morgan fingerprint density at radius 1 is 0.931 bits per heavy atom. The minimum Gasteiger partial charge on any atom is -0.507 e. The fraction of sp³-hybridized carbons (Fsp3) is 0.0833. The molecule has 1 heterocycles. The Hall–Kier alpha value is -3.86. The van der Waals surface area contributed by atoms with Gasteiger partial charge in [-0.05, 0) is 35.7 Å². The molecule has 3 N–H and O–H groups in total. The number of aromatic hydroxyl groups is 1. The summed E-state index contributed by atoms with van der Waals surface area (Å²) in [6.07, 6.45) is 0. The highest BCUT2D eigenvalue weighted by Gasteiger charge is 2.25. The highest BCUT2D eigenvalue weighted by molar-refractivity contribution is 6.45. The maximum absolute atomic E-state index is 12.5. The number of nitrogens with zero attached hydrogens (tertiary/aromatic N) is 1. The third kappa shape index (κ3) is 3.17. The molecule has 0 radical (unpaired) electrons. The van der Waals surface area contributed by atoms with E-state index < -0.39 is 11.7 Å². The van der Waals surface area contributed by atoms with E-state index in [1.165, 1.54) is 6.07 Å². The van der Waals surface area contributed by atoms with E-state index in [1.54, 1.807) is 13.0 Å². The molecule has 5 heteroatoms. The predicted octanol–water partition coefficient (Wildman–Crippen LogP) is 4.04. The van der Waals surface area contributed by atoms with Gasteiger partial charge in [0.05, 0.1) is 16.5 Å². The van der Waals surface area contributed by atoms with E-state index >= 15 is 0 Å². The van der Waals surface area contributed by atoms with Crippen molar-refractivity contribution >= 4 is 22.6 Å². The number of hydrogen-bond acceptors (Lipinski definition) is 3. The van der Waals surface area contributed by atoms with Crippen molar-refractivity contribution in [1.82, 2.24) is 4.57 Å². The lowest BCUT2D eigenvalue weighted by Gasteiger charge is -2.13. The average molecular weight is 384 g/mol. The summed E-state index contributed by atoms with van der Waals surface area (Å²) in [7, 11) is 0. The number of fused-ring (bicyclic) bond motifs is 1. The maximum Gasteiger partial charge on any atom is 0.289 e. The van der Waals surface area contributed by atoms with Gasteiger partial charge in [0.2, 0.25) is 0 Å². The molecule has 5 nitrogen and oxygen atoms in total. The number of benzene rings is 3. The number of carbonyl (C=O) groups excluding carboxylic acids is 2. The van der Waals surface area contributed by atoms with Gasteiger partial charge in [-0.2, -0.15) is 0 Å². The fourth-order valence-corrected chi connectivity index (χ4v) is 3.84. The van der Waals surface area contributed by atoms with Crippen LogP contribution in [0, 0.1) is 6.92 Å². The van der Waals surface area contributed by atoms with Gasteiger partial charge in [0.1, 0.15) is 5.75 Å². The molecule has 0 unspecified atom stereocenters. The SMILES string of the molecule is Cc1c(C(=O)C(N)=O)c2c(O)cccc2n1Cc1ccccc1-c1ccccc1. The molecule has 1 amide bonds. The van der Waals surface area contributed by atoms with Gasteiger partial charge < -0.3 is 15.4 Å². The summed E-state index contributed by atoms with van der Waals surface area (Å²) in [5.41, 5.74) is 9.91. The number of rotatable bonds is 5. The molecule has 3 aromatic carbocycles. The zero-order valence-corrected chi connectivity index (χ0v) is 15.9. The summed E-state index contributed by atoms with van der Waals surface area (Å²) in [6.45, 7) is 2.24. The highest BCUT2D eigenvalue weighted by Crippen LogP contribution is 2.34. The normalized spacial score (nSPS) is 10.9. The first-order chi connectivity index (χ1) is 14.0. The largest absolute Gasteiger partial charge is 0.507 e. The number of phenolic OH excluding ortho intramolecular Hbond substituents is 1. The molecule has 4 aromatic rings. The van der Waals surface area contributed by atoms with Gasteiger partial charge in [0, 0.05) is 12.2 Å². The number of phenols is 1. The number of primary amides is 1. The topological polar surface area (TPSA) is 85.3 Å². The van der Waals surface area contributed by atoms with Crippen molar-refractivity contribution in [2.24, 2.45) is 5.73 Å². The molecule has 4 rings (SSSR count). The number of nitrogens with two attached hydrogens (primary N) is 1. The van der Waals surface area contributed by atoms with Crippen molar-refractivity contribution < 1.29 is 14.7 Å². The second kappa shape index (κ2) is 7.28. The number of Topliss-reactive ketones (excluding diaryl/α,β-unsaturated/α-hetero) is 1. The van der Waals surface area contributed by atoms with Gasteiger partial charge >= 0.3 is 0 Å². The predicted molar refractivity (Wildman–Crippen MR) is 113 cm³/mol. The number of ketones is 1. The molecule has 0 saturated carbocycles. The summed E-state index contributed by atoms with van der Waals surface area (Å²) >= 11 is 0. The van der Waals surface area contributed by atoms with E-state index in [0.717, 1.165) is 16.7 Å². The second-order valence-corrected chi connectivity index (χ2v) is 6.93. The van der Waals surface area contributed by atoms with Crippen molar-refractivity contribution in [2.45, 2.75) is 13.5 Å². The molecule has 29 heavy (non-hydrogen) atoms. The molecular formula is C24H20N2O3. The lowest BCUT2D eigenvalue weighted by molar-refractivity contribution is -0.114. The van der Waals surface area contributed by atoms with Crippen LogP contribution in [0.25, 0.3) is 22.0 Å². The third-order valence-electron chi connectivity index (χ3n) is 5.21. The molecule has 0 bridgehead atoms. The van der Waals surface area contributed by atoms with E-state index in [1.807, 2.05) is 59.2 Å². The first kappa shape index (κ1) is 18.5. The van der Waals surface area contributed by atoms with E-state index in [2.05, 4.69) is 6.07 Å². The molecular weight excluding hydrogens is 364 g/mol. The van der Waals surface area contributed by atoms with Gasteiger partial charge in [0.25, 0.3) is 11.7 Å². The van der Waals surface area contributed by atoms with E-state index in [-0.39, 0.29) is 11.3 Å². The Bertz CT molecular complexity index is 1240. The Labute approximate surface area is 168 Å². The Balaban J connectivity index is 1.92. The smallest absolute Gasteiger partial charge is 0.289 e. The van der Waals surface area contributed by atoms with Gasteiger partial charge in [-0.15, -0.1) is 0 Å². The molecule has 0 atom stereocenters. The number of hydrogen-bond donors (Lipinski definition) is 2. The summed E-state index contributed by atoms with van der Waals surface area (Å²) in [6, 6.07) is 23.1. The average Bonchev–Trinajstić information content (AvgIpc) is 3.01. The zero-order valence-electron chi connectivity index (χ0n) is 15.9. The highest BCUT2D eigenvalue weighted by atomic mass is 16.3. The molecule has 0 aliphatic carbocycles. The lowest BCUT2D eigenvalue weighted by Crippen LogP contribution is -2.23. The van der Waals surface area contributed by atoms with E-state index in [4.69, 9.17) is 5.73 Å². The molecule has 0 aliphatic heterocycles. The Kier molecular flexibility index (Phi) is 4.64. The summed E-state index contributed by atoms with van der Waals surface area (Å²) in [5.74, 6) is -1.89. The standard InChI is InChI=1S/C24H20N2O3/c1-15-21(23(28)24(25)29)22-19(12-7-13-20(22)27)26(15)14-17-10-5-6-11-18(17)16-8-3-2-4-9-16/h2-13,27H,14H2,1H3,(H2,25,29). The van der Waals surface area contributed by atoms with Crippen molar-refractivity contribution in [3.63, 3.8) is 0 Å². The van der Waals surface area contributed by atoms with Crippen LogP contribution in [0.4, 0.5) is 0 Å². The van der Waals surface area contributed by atoms with Crippen LogP contribution in [0.2, 0.25) is 0 Å². The molecule has 0 spiro atoms. The van der Waals surface area contributed by atoms with Crippen molar-refractivity contribution in [2.75, 3.05) is 0 Å². The molecule has 0 saturated heterocycles. The van der Waals surface area contributed by atoms with Crippen LogP contribution in [0.1, 0.15) is 21.6 Å². The summed E-state index contributed by atoms with van der Waals surface area (Å²) < 4.78 is 1.94. The van der Waals surface area contributed by atoms with Crippen LogP contribution in [-0.2, 0) is 11.3 Å². The minimum atomic E-state index is -1.04. The van der Waals surface area contributed by atoms with Gasteiger partial charge in [0.15, 0.2) is 0 Å². The molecule has 0 fully saturated rings. The van der Waals surface area contributed by atoms with Crippen LogP contribution >= 0.6 is 0 Å². The van der Waals surface area contributed by atoms with Gasteiger partial charge in [-0.1, -0.05) is 60.7 Å². The minimum absolute atomic E-state index is 0.0507. The van der Waals surface area contributed by atoms with E-state index in [9.17, 15) is 14.7 Å². The van der Waals surface area contributed by atoms with Crippen LogP contribution in [-0.4, -0.2) is 21.4 Å². The van der Waals surface area contributed by atoms with Crippen molar-refractivity contribution in [3.05, 3.63) is 89.6 Å². The molecule has 0 aliphatic rings. The monoisotopic (exact) mass is 384 g/mol. The first-order valence-corrected chi connectivity index (χ1v) is 9.27. The zero-order chi connectivity index (χ0) is 20.5. The van der Waals surface area contributed by atoms with Crippen molar-refractivity contribution in [3.8, 4) is 16.9 Å². The lowest BCUT2D eigenvalue weighted by atomic mass is 9.99. The molecule has 144 valence electrons. The number of aromatic nitrogens is 1. The van der Waals surface area contributed by atoms with Gasteiger partial charge in [-0.25, -0.2) is 0 Å². The summed E-state index contributed by atoms with van der Waals surface area (Å²) in [4.78, 5) is 24.1. The van der Waals surface area contributed by atoms with Crippen LogP contribution in [0.5, 0.6) is 5.75 Å². The Morgan fingerprint density at radius 2 is 1.62 bits per heavy atom. The number of amides is 1.